The Morgan fingerprint density at radius 1 is 0.482 bits per heavy atom. The number of aromatic nitrogens is 2. The van der Waals surface area contributed by atoms with Crippen molar-refractivity contribution in [1.82, 2.24) is 9.97 Å². The largest absolute Gasteiger partial charge is 2.00 e. The molecule has 2 heterocycles. The summed E-state index contributed by atoms with van der Waals surface area (Å²) in [7, 11) is 2.76. The summed E-state index contributed by atoms with van der Waals surface area (Å²) in [6.07, 6.45) is 4.28. The molecular weight excluding hydrogens is 1140 g/mol. The van der Waals surface area contributed by atoms with E-state index in [2.05, 4.69) is 31.2 Å². The van der Waals surface area contributed by atoms with Crippen LogP contribution >= 0.6 is 23.2 Å². The van der Waals surface area contributed by atoms with Crippen molar-refractivity contribution >= 4 is 126 Å². The number of aliphatic carboxylic acids is 2. The second-order valence-electron chi connectivity index (χ2n) is 18.5. The molecule has 4 N–H and O–H groups in total. The van der Waals surface area contributed by atoms with Crippen LogP contribution in [0.5, 0.6) is 46.0 Å². The van der Waals surface area contributed by atoms with Gasteiger partial charge in [-0.3, -0.25) is 29.1 Å². The van der Waals surface area contributed by atoms with Crippen molar-refractivity contribution in [3.8, 4) is 46.0 Å². The summed E-state index contributed by atoms with van der Waals surface area (Å²) < 4.78 is 62.8. The zero-order valence-corrected chi connectivity index (χ0v) is 46.7. The van der Waals surface area contributed by atoms with Crippen LogP contribution in [-0.4, -0.2) is 96.0 Å². The standard InChI is InChI=1S/2C29H23ClFN3O7.Mg/c2*1-39-24-13-19-21(14-25(24)40-15-26(35)36)32-10-7-22(19)41-23-6-5-18(12-20(23)31)34-28(38)29(8-9-29)27(37)33-17-4-2-3-16(30)11-17;/h2*2-7,10-14H,8-9,15H2,1H3,(H,33,37)(H,34,38)(H,35,36);/q;;+2/p-2. The number of anilines is 4. The summed E-state index contributed by atoms with van der Waals surface area (Å²) in [5.74, 6) is -5.45. The third-order valence-corrected chi connectivity index (χ3v) is 13.4. The van der Waals surface area contributed by atoms with Crippen molar-refractivity contribution in [2.24, 2.45) is 10.8 Å². The number of carbonyl (C=O) groups is 6. The predicted octanol–water partition coefficient (Wildman–Crippen LogP) is 8.25. The van der Waals surface area contributed by atoms with E-state index in [1.165, 1.54) is 87.3 Å². The molecule has 0 aliphatic heterocycles. The molecule has 2 fully saturated rings. The van der Waals surface area contributed by atoms with E-state index in [1.807, 2.05) is 0 Å². The number of ether oxygens (including phenoxy) is 6. The first-order chi connectivity index (χ1) is 39.4. The Labute approximate surface area is 496 Å². The first kappa shape index (κ1) is 60.1. The monoisotopic (exact) mass is 1180 g/mol. The number of benzene rings is 6. The van der Waals surface area contributed by atoms with Gasteiger partial charge in [0.25, 0.3) is 0 Å². The van der Waals surface area contributed by atoms with Crippen molar-refractivity contribution in [2.45, 2.75) is 25.7 Å². The summed E-state index contributed by atoms with van der Waals surface area (Å²) in [4.78, 5) is 81.7. The Balaban J connectivity index is 0.000000214. The van der Waals surface area contributed by atoms with Gasteiger partial charge in [-0.15, -0.1) is 0 Å². The number of rotatable bonds is 20. The van der Waals surface area contributed by atoms with Gasteiger partial charge in [-0.05, 0) is 111 Å². The molecule has 2 aromatic heterocycles. The molecule has 8 aromatic rings. The first-order valence-electron chi connectivity index (χ1n) is 24.7. The van der Waals surface area contributed by atoms with Crippen LogP contribution < -0.4 is 59.9 Å². The number of methoxy groups -OCH3 is 2. The van der Waals surface area contributed by atoms with E-state index < -0.39 is 71.2 Å². The summed E-state index contributed by atoms with van der Waals surface area (Å²) in [6.45, 7) is -1.36. The van der Waals surface area contributed by atoms with Crippen molar-refractivity contribution in [3.63, 3.8) is 0 Å². The Hall–Kier alpha value is -9.03. The van der Waals surface area contributed by atoms with E-state index in [0.29, 0.717) is 68.9 Å². The second kappa shape index (κ2) is 25.8. The van der Waals surface area contributed by atoms with Crippen molar-refractivity contribution in [3.05, 3.63) is 155 Å². The smallest absolute Gasteiger partial charge is 0.546 e. The fourth-order valence-corrected chi connectivity index (χ4v) is 8.69. The maximum Gasteiger partial charge on any atom is 2.00 e. The molecule has 2 aliphatic carbocycles. The molecule has 0 saturated heterocycles. The molecule has 83 heavy (non-hydrogen) atoms. The molecule has 0 bridgehead atoms. The average Bonchev–Trinajstić information content (AvgIpc) is 3.52. The van der Waals surface area contributed by atoms with E-state index in [-0.39, 0.29) is 80.4 Å². The maximum absolute atomic E-state index is 15.1. The molecular formula is C58H44Cl2F2MgN6O14. The number of halogens is 4. The number of nitrogens with zero attached hydrogens (tertiary/aromatic N) is 2. The van der Waals surface area contributed by atoms with E-state index in [1.54, 1.807) is 48.5 Å². The summed E-state index contributed by atoms with van der Waals surface area (Å²) >= 11 is 11.9. The number of hydrogen-bond donors (Lipinski definition) is 4. The Bertz CT molecular complexity index is 3610. The predicted molar refractivity (Wildman–Crippen MR) is 297 cm³/mol. The van der Waals surface area contributed by atoms with Crippen LogP contribution in [0.4, 0.5) is 31.5 Å². The Morgan fingerprint density at radius 3 is 1.16 bits per heavy atom. The van der Waals surface area contributed by atoms with Gasteiger partial charge in [0.05, 0.1) is 37.2 Å². The number of amides is 4. The van der Waals surface area contributed by atoms with E-state index >= 15 is 8.78 Å². The minimum atomic E-state index is -1.40. The van der Waals surface area contributed by atoms with Crippen molar-refractivity contribution in [2.75, 3.05) is 48.7 Å². The quantitative estimate of drug-likeness (QED) is 0.0413. The van der Waals surface area contributed by atoms with Gasteiger partial charge in [-0.1, -0.05) is 35.3 Å². The molecule has 25 heteroatoms. The minimum Gasteiger partial charge on any atom is -0.546 e. The molecule has 20 nitrogen and oxygen atoms in total. The number of nitrogens with one attached hydrogen (secondary N) is 4. The number of carbonyl (C=O) groups excluding carboxylic acids is 6. The van der Waals surface area contributed by atoms with Crippen LogP contribution in [0.2, 0.25) is 10.0 Å². The summed E-state index contributed by atoms with van der Waals surface area (Å²) in [5, 5.41) is 34.0. The van der Waals surface area contributed by atoms with Crippen LogP contribution in [0.3, 0.4) is 0 Å². The first-order valence-corrected chi connectivity index (χ1v) is 25.4. The van der Waals surface area contributed by atoms with Crippen LogP contribution in [0.25, 0.3) is 21.8 Å². The van der Waals surface area contributed by atoms with Gasteiger partial charge in [-0.25, -0.2) is 8.78 Å². The molecule has 6 aromatic carbocycles. The zero-order valence-electron chi connectivity index (χ0n) is 43.8. The second-order valence-corrected chi connectivity index (χ2v) is 19.3. The molecule has 420 valence electrons. The van der Waals surface area contributed by atoms with Gasteiger partial charge in [-0.2, -0.15) is 0 Å². The summed E-state index contributed by atoms with van der Waals surface area (Å²) in [5.41, 5.74) is -0.513. The molecule has 4 amide bonds. The number of carboxylic acids is 2. The van der Waals surface area contributed by atoms with Crippen LogP contribution in [0.15, 0.2) is 134 Å². The molecule has 0 spiro atoms. The molecule has 2 saturated carbocycles. The van der Waals surface area contributed by atoms with E-state index in [4.69, 9.17) is 51.6 Å². The normalized spacial score (nSPS) is 13.1. The third kappa shape index (κ3) is 14.2. The van der Waals surface area contributed by atoms with Crippen molar-refractivity contribution in [1.29, 1.82) is 0 Å². The third-order valence-electron chi connectivity index (χ3n) is 12.9. The van der Waals surface area contributed by atoms with E-state index in [9.17, 15) is 39.0 Å². The molecule has 10 rings (SSSR count). The molecule has 0 unspecified atom stereocenters. The van der Waals surface area contributed by atoms with Gasteiger partial charge in [0.15, 0.2) is 46.1 Å². The van der Waals surface area contributed by atoms with Crippen LogP contribution in [-0.2, 0) is 28.8 Å². The SMILES string of the molecule is COc1cc2c(Oc3ccc(NC(=O)C4(C(=O)Nc5cccc(Cl)c5)CC4)cc3F)ccnc2cc1OCC(=O)[O-].COc1cc2c(Oc3ccc(NC(=O)C4(C(=O)Nc5cccc(Cl)c5)CC4)cc3F)ccnc2cc1OCC(=O)[O-].[Mg+2]. The fraction of sp³-hybridized carbons (Fsp3) is 0.172. The van der Waals surface area contributed by atoms with Gasteiger partial charge in [0.1, 0.15) is 35.5 Å². The number of carboxylic acid groups (broad SMARTS) is 2. The van der Waals surface area contributed by atoms with Gasteiger partial charge < -0.3 is 69.5 Å². The van der Waals surface area contributed by atoms with E-state index in [0.717, 1.165) is 12.1 Å². The Kier molecular flexibility index (Phi) is 18.7. The number of hydrogen-bond acceptors (Lipinski definition) is 16. The topological polar surface area (TPSA) is 278 Å². The molecule has 2 aliphatic rings. The molecule has 0 radical (unpaired) electrons. The van der Waals surface area contributed by atoms with Crippen LogP contribution in [0, 0.1) is 22.5 Å². The van der Waals surface area contributed by atoms with Crippen molar-refractivity contribution < 1.29 is 76.2 Å². The van der Waals surface area contributed by atoms with Crippen LogP contribution in [0.1, 0.15) is 25.7 Å². The summed E-state index contributed by atoms with van der Waals surface area (Å²) in [6, 6.07) is 30.0. The minimum absolute atomic E-state index is 0. The van der Waals surface area contributed by atoms with Gasteiger partial charge >= 0.3 is 23.1 Å². The van der Waals surface area contributed by atoms with Gasteiger partial charge in [0, 0.05) is 80.2 Å². The average molecular weight is 1180 g/mol. The van der Waals surface area contributed by atoms with Gasteiger partial charge in [0.2, 0.25) is 23.6 Å². The fourth-order valence-electron chi connectivity index (χ4n) is 8.31. The number of fused-ring (bicyclic) bond motifs is 2. The molecule has 0 atom stereocenters. The zero-order chi connectivity index (χ0) is 58.3. The number of pyridine rings is 2. The Morgan fingerprint density at radius 2 is 0.843 bits per heavy atom. The maximum atomic E-state index is 15.1.